The number of benzene rings is 1. The molecule has 3 heterocycles. The van der Waals surface area contributed by atoms with E-state index in [1.54, 1.807) is 24.3 Å². The minimum Gasteiger partial charge on any atom is -0.334 e. The van der Waals surface area contributed by atoms with Crippen molar-refractivity contribution < 1.29 is 4.79 Å². The van der Waals surface area contributed by atoms with Crippen LogP contribution in [0.4, 0.5) is 0 Å². The number of nitriles is 1. The lowest BCUT2D eigenvalue weighted by Gasteiger charge is -2.38. The van der Waals surface area contributed by atoms with Gasteiger partial charge in [0.2, 0.25) is 0 Å². The molecule has 0 N–H and O–H groups in total. The number of fused-ring (bicyclic) bond motifs is 1. The molecule has 2 aliphatic heterocycles. The van der Waals surface area contributed by atoms with Crippen molar-refractivity contribution in [2.75, 3.05) is 19.6 Å². The number of piperidine rings is 1. The summed E-state index contributed by atoms with van der Waals surface area (Å²) in [5.74, 6) is 0.731. The third kappa shape index (κ3) is 3.40. The molecular weight excluding hydrogens is 342 g/mol. The van der Waals surface area contributed by atoms with E-state index in [0.29, 0.717) is 23.1 Å². The van der Waals surface area contributed by atoms with Crippen LogP contribution in [0.3, 0.4) is 0 Å². The molecule has 26 heavy (non-hydrogen) atoms. The van der Waals surface area contributed by atoms with Crippen molar-refractivity contribution in [1.29, 1.82) is 5.26 Å². The fraction of sp³-hybridized carbons (Fsp3) is 0.429. The summed E-state index contributed by atoms with van der Waals surface area (Å²) in [6.45, 7) is 6.07. The fourth-order valence-corrected chi connectivity index (χ4v) is 5.18. The normalized spacial score (nSPS) is 22.8. The molecule has 2 aromatic rings. The van der Waals surface area contributed by atoms with Crippen LogP contribution in [0.15, 0.2) is 36.4 Å². The Balaban J connectivity index is 1.46. The van der Waals surface area contributed by atoms with Crippen LogP contribution in [0.2, 0.25) is 0 Å². The maximum Gasteiger partial charge on any atom is 0.254 e. The molecule has 4 rings (SSSR count). The summed E-state index contributed by atoms with van der Waals surface area (Å²) in [5, 5.41) is 8.93. The van der Waals surface area contributed by atoms with Gasteiger partial charge in [-0.3, -0.25) is 9.69 Å². The van der Waals surface area contributed by atoms with Crippen molar-refractivity contribution in [2.24, 2.45) is 5.92 Å². The van der Waals surface area contributed by atoms with Gasteiger partial charge in [-0.15, -0.1) is 11.3 Å². The lowest BCUT2D eigenvalue weighted by Crippen LogP contribution is -2.49. The third-order valence-electron chi connectivity index (χ3n) is 5.64. The first kappa shape index (κ1) is 17.3. The molecule has 0 saturated carbocycles. The van der Waals surface area contributed by atoms with Crippen LogP contribution in [-0.2, 0) is 6.54 Å². The average molecular weight is 366 g/mol. The molecule has 0 bridgehead atoms. The summed E-state index contributed by atoms with van der Waals surface area (Å²) >= 11 is 1.87. The van der Waals surface area contributed by atoms with Gasteiger partial charge >= 0.3 is 0 Å². The minimum absolute atomic E-state index is 0.107. The molecular formula is C21H23N3OS. The zero-order chi connectivity index (χ0) is 18.1. The Morgan fingerprint density at radius 1 is 1.19 bits per heavy atom. The van der Waals surface area contributed by atoms with Gasteiger partial charge in [0, 0.05) is 41.0 Å². The van der Waals surface area contributed by atoms with Crippen LogP contribution in [0.1, 0.15) is 38.5 Å². The Morgan fingerprint density at radius 2 is 1.96 bits per heavy atom. The van der Waals surface area contributed by atoms with E-state index in [0.717, 1.165) is 32.6 Å². The Labute approximate surface area is 158 Å². The lowest BCUT2D eigenvalue weighted by molar-refractivity contribution is 0.0592. The summed E-state index contributed by atoms with van der Waals surface area (Å²) in [4.78, 5) is 20.3. The first-order chi connectivity index (χ1) is 12.6. The van der Waals surface area contributed by atoms with Gasteiger partial charge in [0.25, 0.3) is 5.91 Å². The number of nitrogens with zero attached hydrogens (tertiary/aromatic N) is 3. The first-order valence-corrected chi connectivity index (χ1v) is 10.0. The lowest BCUT2D eigenvalue weighted by atomic mass is 9.92. The van der Waals surface area contributed by atoms with Crippen LogP contribution < -0.4 is 0 Å². The molecule has 2 saturated heterocycles. The molecule has 1 aromatic heterocycles. The summed E-state index contributed by atoms with van der Waals surface area (Å²) in [7, 11) is 0. The molecule has 1 amide bonds. The summed E-state index contributed by atoms with van der Waals surface area (Å²) in [6, 6.07) is 13.8. The highest BCUT2D eigenvalue weighted by Crippen LogP contribution is 2.33. The molecule has 2 unspecified atom stereocenters. The van der Waals surface area contributed by atoms with Crippen LogP contribution in [0.25, 0.3) is 0 Å². The number of rotatable bonds is 3. The van der Waals surface area contributed by atoms with Gasteiger partial charge in [-0.25, -0.2) is 0 Å². The van der Waals surface area contributed by atoms with Crippen molar-refractivity contribution in [3.05, 3.63) is 57.3 Å². The maximum absolute atomic E-state index is 13.0. The number of hydrogen-bond acceptors (Lipinski definition) is 4. The summed E-state index contributed by atoms with van der Waals surface area (Å²) < 4.78 is 0. The molecule has 2 atom stereocenters. The van der Waals surface area contributed by atoms with E-state index in [9.17, 15) is 4.79 Å². The second kappa shape index (κ2) is 7.22. The quantitative estimate of drug-likeness (QED) is 0.834. The average Bonchev–Trinajstić information content (AvgIpc) is 3.27. The number of likely N-dealkylation sites (tertiary alicyclic amines) is 2. The van der Waals surface area contributed by atoms with E-state index in [1.807, 2.05) is 11.3 Å². The monoisotopic (exact) mass is 365 g/mol. The number of amides is 1. The van der Waals surface area contributed by atoms with Crippen molar-refractivity contribution in [2.45, 2.75) is 32.4 Å². The Morgan fingerprint density at radius 3 is 2.65 bits per heavy atom. The van der Waals surface area contributed by atoms with Crippen molar-refractivity contribution in [1.82, 2.24) is 9.80 Å². The number of aryl methyl sites for hydroxylation is 1. The second-order valence-corrected chi connectivity index (χ2v) is 8.71. The van der Waals surface area contributed by atoms with Crippen molar-refractivity contribution in [3.8, 4) is 6.07 Å². The largest absolute Gasteiger partial charge is 0.334 e. The highest BCUT2D eigenvalue weighted by molar-refractivity contribution is 7.11. The second-order valence-electron chi connectivity index (χ2n) is 7.34. The maximum atomic E-state index is 13.0. The van der Waals surface area contributed by atoms with Crippen molar-refractivity contribution >= 4 is 17.2 Å². The number of hydrogen-bond donors (Lipinski definition) is 0. The first-order valence-electron chi connectivity index (χ1n) is 9.23. The molecule has 0 aliphatic carbocycles. The SMILES string of the molecule is Cc1ccc(CN2CCC3CCN(C(=O)c4ccc(C#N)cc4)C3C2)s1. The van der Waals surface area contributed by atoms with Gasteiger partial charge in [0.15, 0.2) is 0 Å². The van der Waals surface area contributed by atoms with Crippen LogP contribution >= 0.6 is 11.3 Å². The molecule has 0 radical (unpaired) electrons. The highest BCUT2D eigenvalue weighted by Gasteiger charge is 2.40. The topological polar surface area (TPSA) is 47.3 Å². The molecule has 134 valence electrons. The van der Waals surface area contributed by atoms with Crippen molar-refractivity contribution in [3.63, 3.8) is 0 Å². The van der Waals surface area contributed by atoms with Gasteiger partial charge in [-0.2, -0.15) is 5.26 Å². The Hall–Kier alpha value is -2.16. The van der Waals surface area contributed by atoms with E-state index in [4.69, 9.17) is 5.26 Å². The van der Waals surface area contributed by atoms with Gasteiger partial charge in [-0.05, 0) is 68.6 Å². The predicted octanol–water partition coefficient (Wildman–Crippen LogP) is 3.66. The van der Waals surface area contributed by atoms with E-state index < -0.39 is 0 Å². The van der Waals surface area contributed by atoms with Crippen LogP contribution in [0.5, 0.6) is 0 Å². The van der Waals surface area contributed by atoms with Gasteiger partial charge in [0.1, 0.15) is 0 Å². The zero-order valence-electron chi connectivity index (χ0n) is 15.0. The molecule has 2 fully saturated rings. The molecule has 5 heteroatoms. The molecule has 4 nitrogen and oxygen atoms in total. The van der Waals surface area contributed by atoms with E-state index in [1.165, 1.54) is 16.2 Å². The number of thiophene rings is 1. The highest BCUT2D eigenvalue weighted by atomic mass is 32.1. The molecule has 0 spiro atoms. The Kier molecular flexibility index (Phi) is 4.80. The molecule has 1 aromatic carbocycles. The van der Waals surface area contributed by atoms with E-state index in [2.05, 4.69) is 34.9 Å². The smallest absolute Gasteiger partial charge is 0.254 e. The number of carbonyl (C=O) groups is 1. The summed E-state index contributed by atoms with van der Waals surface area (Å²) in [5.41, 5.74) is 1.28. The molecule has 2 aliphatic rings. The fourth-order valence-electron chi connectivity index (χ4n) is 4.25. The van der Waals surface area contributed by atoms with Gasteiger partial charge in [-0.1, -0.05) is 0 Å². The van der Waals surface area contributed by atoms with Gasteiger partial charge < -0.3 is 4.90 Å². The predicted molar refractivity (Wildman–Crippen MR) is 103 cm³/mol. The van der Waals surface area contributed by atoms with E-state index in [-0.39, 0.29) is 5.91 Å². The third-order valence-corrected chi connectivity index (χ3v) is 6.63. The number of carbonyl (C=O) groups excluding carboxylic acids is 1. The van der Waals surface area contributed by atoms with Crippen LogP contribution in [0, 0.1) is 24.2 Å². The van der Waals surface area contributed by atoms with Gasteiger partial charge in [0.05, 0.1) is 11.6 Å². The Bertz CT molecular complexity index is 836. The van der Waals surface area contributed by atoms with Crippen LogP contribution in [-0.4, -0.2) is 41.4 Å². The summed E-state index contributed by atoms with van der Waals surface area (Å²) in [6.07, 6.45) is 2.28. The minimum atomic E-state index is 0.107. The van der Waals surface area contributed by atoms with E-state index >= 15 is 0 Å². The zero-order valence-corrected chi connectivity index (χ0v) is 15.8. The standard InChI is InChI=1S/C21H23N3OS/c1-15-2-7-19(26-15)13-23-10-8-17-9-11-24(20(17)14-23)21(25)18-5-3-16(12-22)4-6-18/h2-7,17,20H,8-11,13-14H2,1H3.